The molecular formula is C26H33N5O2. The predicted molar refractivity (Wildman–Crippen MR) is 131 cm³/mol. The van der Waals surface area contributed by atoms with E-state index < -0.39 is 0 Å². The van der Waals surface area contributed by atoms with E-state index in [1.54, 1.807) is 7.11 Å². The lowest BCUT2D eigenvalue weighted by atomic mass is 9.96. The molecule has 3 heterocycles. The molecule has 0 aliphatic carbocycles. The van der Waals surface area contributed by atoms with E-state index in [2.05, 4.69) is 50.6 Å². The van der Waals surface area contributed by atoms with Crippen molar-refractivity contribution in [3.8, 4) is 5.75 Å². The Morgan fingerprint density at radius 1 is 1.03 bits per heavy atom. The molecule has 7 nitrogen and oxygen atoms in total. The summed E-state index contributed by atoms with van der Waals surface area (Å²) >= 11 is 0. The molecule has 0 saturated carbocycles. The number of carbonyl (C=O) groups excluding carboxylic acids is 1. The number of para-hydroxylation sites is 4. The lowest BCUT2D eigenvalue weighted by Gasteiger charge is -2.40. The molecular weight excluding hydrogens is 414 g/mol. The van der Waals surface area contributed by atoms with E-state index >= 15 is 0 Å². The number of imidazole rings is 1. The van der Waals surface area contributed by atoms with Crippen LogP contribution in [0.4, 0.5) is 5.69 Å². The van der Waals surface area contributed by atoms with Gasteiger partial charge in [0.15, 0.2) is 0 Å². The van der Waals surface area contributed by atoms with Gasteiger partial charge in [0.05, 0.1) is 36.3 Å². The van der Waals surface area contributed by atoms with Gasteiger partial charge in [-0.1, -0.05) is 24.3 Å². The average molecular weight is 448 g/mol. The van der Waals surface area contributed by atoms with E-state index in [1.165, 1.54) is 0 Å². The van der Waals surface area contributed by atoms with Crippen LogP contribution in [0.25, 0.3) is 11.0 Å². The molecule has 1 atom stereocenters. The number of hydrogen-bond acceptors (Lipinski definition) is 5. The Balaban J connectivity index is 1.19. The minimum absolute atomic E-state index is 0.0752. The summed E-state index contributed by atoms with van der Waals surface area (Å²) in [5, 5.41) is 0. The number of piperazine rings is 1. The first-order valence-corrected chi connectivity index (χ1v) is 11.9. The molecule has 0 radical (unpaired) electrons. The Hall–Kier alpha value is -3.06. The van der Waals surface area contributed by atoms with Crippen molar-refractivity contribution in [1.82, 2.24) is 19.4 Å². The van der Waals surface area contributed by atoms with Crippen LogP contribution < -0.4 is 9.64 Å². The number of anilines is 1. The molecule has 0 bridgehead atoms. The zero-order chi connectivity index (χ0) is 22.8. The molecule has 0 N–H and O–H groups in total. The van der Waals surface area contributed by atoms with E-state index in [1.807, 2.05) is 24.3 Å². The van der Waals surface area contributed by atoms with Crippen LogP contribution in [0.15, 0.2) is 48.5 Å². The van der Waals surface area contributed by atoms with Crippen molar-refractivity contribution >= 4 is 22.6 Å². The summed E-state index contributed by atoms with van der Waals surface area (Å²) in [4.78, 5) is 25.0. The molecule has 33 heavy (non-hydrogen) atoms. The van der Waals surface area contributed by atoms with E-state index in [9.17, 15) is 4.79 Å². The van der Waals surface area contributed by atoms with Crippen LogP contribution >= 0.6 is 0 Å². The van der Waals surface area contributed by atoms with E-state index in [-0.39, 0.29) is 5.92 Å². The Morgan fingerprint density at radius 2 is 1.79 bits per heavy atom. The minimum atomic E-state index is 0.0752. The van der Waals surface area contributed by atoms with Crippen LogP contribution in [-0.2, 0) is 18.4 Å². The first-order valence-electron chi connectivity index (χ1n) is 11.9. The first kappa shape index (κ1) is 21.8. The zero-order valence-electron chi connectivity index (χ0n) is 19.6. The molecule has 1 aromatic heterocycles. The molecule has 2 aliphatic heterocycles. The largest absolute Gasteiger partial charge is 0.495 e. The summed E-state index contributed by atoms with van der Waals surface area (Å²) in [6, 6.07) is 16.4. The maximum atomic E-state index is 13.4. The van der Waals surface area contributed by atoms with Gasteiger partial charge in [-0.3, -0.25) is 9.69 Å². The fourth-order valence-electron chi connectivity index (χ4n) is 5.25. The molecule has 0 spiro atoms. The third kappa shape index (κ3) is 4.42. The quantitative estimate of drug-likeness (QED) is 0.602. The van der Waals surface area contributed by atoms with E-state index in [0.717, 1.165) is 86.9 Å². The van der Waals surface area contributed by atoms with Gasteiger partial charge in [0.25, 0.3) is 0 Å². The highest BCUT2D eigenvalue weighted by Crippen LogP contribution is 2.29. The average Bonchev–Trinajstić information content (AvgIpc) is 3.19. The van der Waals surface area contributed by atoms with Crippen LogP contribution in [0.1, 0.15) is 18.7 Å². The second-order valence-corrected chi connectivity index (χ2v) is 9.13. The van der Waals surface area contributed by atoms with Gasteiger partial charge in [-0.05, 0) is 43.7 Å². The summed E-state index contributed by atoms with van der Waals surface area (Å²) in [6.45, 7) is 5.82. The molecule has 2 saturated heterocycles. The maximum Gasteiger partial charge on any atom is 0.227 e. The van der Waals surface area contributed by atoms with Gasteiger partial charge in [0.2, 0.25) is 5.91 Å². The lowest BCUT2D eigenvalue weighted by Crippen LogP contribution is -2.52. The number of likely N-dealkylation sites (tertiary alicyclic amines) is 1. The smallest absolute Gasteiger partial charge is 0.227 e. The number of aryl methyl sites for hydroxylation is 1. The summed E-state index contributed by atoms with van der Waals surface area (Å²) in [5.41, 5.74) is 3.30. The van der Waals surface area contributed by atoms with Gasteiger partial charge in [-0.2, -0.15) is 0 Å². The first-order chi connectivity index (χ1) is 16.1. The van der Waals surface area contributed by atoms with Gasteiger partial charge >= 0.3 is 0 Å². The predicted octanol–water partition coefficient (Wildman–Crippen LogP) is 3.14. The zero-order valence-corrected chi connectivity index (χ0v) is 19.6. The molecule has 7 heteroatoms. The van der Waals surface area contributed by atoms with Crippen LogP contribution in [0, 0.1) is 5.92 Å². The number of carbonyl (C=O) groups is 1. The summed E-state index contributed by atoms with van der Waals surface area (Å²) in [7, 11) is 3.79. The Morgan fingerprint density at radius 3 is 2.58 bits per heavy atom. The number of amides is 1. The van der Waals surface area contributed by atoms with Crippen LogP contribution in [0.2, 0.25) is 0 Å². The summed E-state index contributed by atoms with van der Waals surface area (Å²) in [5.74, 6) is 2.34. The minimum Gasteiger partial charge on any atom is -0.495 e. The van der Waals surface area contributed by atoms with Crippen molar-refractivity contribution in [3.63, 3.8) is 0 Å². The molecule has 2 fully saturated rings. The summed E-state index contributed by atoms with van der Waals surface area (Å²) < 4.78 is 7.70. The molecule has 0 unspecified atom stereocenters. The highest BCUT2D eigenvalue weighted by molar-refractivity contribution is 5.79. The number of fused-ring (bicyclic) bond motifs is 1. The molecule has 174 valence electrons. The molecule has 2 aliphatic rings. The van der Waals surface area contributed by atoms with E-state index in [4.69, 9.17) is 9.72 Å². The fraction of sp³-hybridized carbons (Fsp3) is 0.462. The highest BCUT2D eigenvalue weighted by Gasteiger charge is 2.32. The topological polar surface area (TPSA) is 53.8 Å². The van der Waals surface area contributed by atoms with Gasteiger partial charge in [-0.25, -0.2) is 4.98 Å². The van der Waals surface area contributed by atoms with E-state index in [0.29, 0.717) is 5.91 Å². The number of benzene rings is 2. The monoisotopic (exact) mass is 447 g/mol. The van der Waals surface area contributed by atoms with Gasteiger partial charge < -0.3 is 19.1 Å². The number of rotatable bonds is 5. The standard InChI is InChI=1S/C26H33N5O2/c1-28-22-10-4-3-9-21(22)27-25(28)19-29-13-7-8-20(18-29)26(32)31-16-14-30(15-17-31)23-11-5-6-12-24(23)33-2/h3-6,9-12,20H,7-8,13-19H2,1-2H3/t20-/m1/s1. The van der Waals surface area contributed by atoms with Gasteiger partial charge in [-0.15, -0.1) is 0 Å². The van der Waals surface area contributed by atoms with Crippen LogP contribution in [0.5, 0.6) is 5.75 Å². The SMILES string of the molecule is COc1ccccc1N1CCN(C(=O)[C@@H]2CCCN(Cc3nc4ccccc4n3C)C2)CC1. The van der Waals surface area contributed by atoms with Crippen molar-refractivity contribution < 1.29 is 9.53 Å². The maximum absolute atomic E-state index is 13.4. The second-order valence-electron chi connectivity index (χ2n) is 9.13. The Labute approximate surface area is 195 Å². The number of aromatic nitrogens is 2. The van der Waals surface area contributed by atoms with Crippen LogP contribution in [0.3, 0.4) is 0 Å². The Bertz CT molecular complexity index is 1120. The number of hydrogen-bond donors (Lipinski definition) is 0. The van der Waals surface area contributed by atoms with Crippen molar-refractivity contribution in [2.75, 3.05) is 51.3 Å². The molecule has 1 amide bonds. The normalized spacial score (nSPS) is 19.8. The molecule has 2 aromatic carbocycles. The fourth-order valence-corrected chi connectivity index (χ4v) is 5.25. The second kappa shape index (κ2) is 9.43. The highest BCUT2D eigenvalue weighted by atomic mass is 16.5. The van der Waals surface area contributed by atoms with Gasteiger partial charge in [0.1, 0.15) is 11.6 Å². The van der Waals surface area contributed by atoms with Gasteiger partial charge in [0, 0.05) is 39.8 Å². The third-order valence-electron chi connectivity index (χ3n) is 7.12. The summed E-state index contributed by atoms with van der Waals surface area (Å²) in [6.07, 6.45) is 2.03. The van der Waals surface area contributed by atoms with Crippen molar-refractivity contribution in [1.29, 1.82) is 0 Å². The lowest BCUT2D eigenvalue weighted by molar-refractivity contribution is -0.137. The van der Waals surface area contributed by atoms with Crippen molar-refractivity contribution in [2.24, 2.45) is 13.0 Å². The van der Waals surface area contributed by atoms with Crippen molar-refractivity contribution in [2.45, 2.75) is 19.4 Å². The number of nitrogens with zero attached hydrogens (tertiary/aromatic N) is 5. The number of piperidine rings is 1. The number of methoxy groups -OCH3 is 1. The Kier molecular flexibility index (Phi) is 6.22. The molecule has 3 aromatic rings. The van der Waals surface area contributed by atoms with Crippen LogP contribution in [-0.4, -0.2) is 71.6 Å². The molecule has 5 rings (SSSR count). The third-order valence-corrected chi connectivity index (χ3v) is 7.12. The number of ether oxygens (including phenoxy) is 1. The van der Waals surface area contributed by atoms with Crippen molar-refractivity contribution in [3.05, 3.63) is 54.4 Å².